The molecule has 3 aliphatic rings. The van der Waals surface area contributed by atoms with E-state index < -0.39 is 40.8 Å². The lowest BCUT2D eigenvalue weighted by Gasteiger charge is -2.35. The number of rotatable bonds is 1. The van der Waals surface area contributed by atoms with E-state index in [1.165, 1.54) is 13.8 Å². The van der Waals surface area contributed by atoms with E-state index >= 15 is 0 Å². The normalized spacial score (nSPS) is 44.8. The zero-order valence-corrected chi connectivity index (χ0v) is 14.2. The minimum absolute atomic E-state index is 0.00164. The van der Waals surface area contributed by atoms with Gasteiger partial charge in [-0.3, -0.25) is 9.59 Å². The zero-order valence-electron chi connectivity index (χ0n) is 14.2. The molecule has 2 aliphatic carbocycles. The van der Waals surface area contributed by atoms with Crippen LogP contribution in [0.2, 0.25) is 0 Å². The molecule has 1 saturated carbocycles. The number of carbonyl (C=O) groups excluding carboxylic acids is 3. The molecular weight excluding hydrogens is 316 g/mol. The Labute approximate surface area is 139 Å². The molecule has 0 unspecified atom stereocenters. The molecule has 5 atom stereocenters. The molecule has 1 heterocycles. The number of fused-ring (bicyclic) bond motifs is 3. The van der Waals surface area contributed by atoms with Crippen molar-refractivity contribution in [3.8, 4) is 0 Å². The molecule has 3 rings (SSSR count). The van der Waals surface area contributed by atoms with Crippen molar-refractivity contribution < 1.29 is 34.1 Å². The molecule has 0 bridgehead atoms. The molecule has 2 N–H and O–H groups in total. The van der Waals surface area contributed by atoms with Crippen molar-refractivity contribution in [3.05, 3.63) is 11.1 Å². The van der Waals surface area contributed by atoms with Crippen molar-refractivity contribution in [1.82, 2.24) is 0 Å². The Hall–Kier alpha value is -1.73. The minimum Gasteiger partial charge on any atom is -0.459 e. The van der Waals surface area contributed by atoms with Crippen LogP contribution in [0.25, 0.3) is 0 Å². The molecule has 0 radical (unpaired) electrons. The summed E-state index contributed by atoms with van der Waals surface area (Å²) in [6.45, 7) is 5.82. The fourth-order valence-corrected chi connectivity index (χ4v) is 4.30. The van der Waals surface area contributed by atoms with Crippen LogP contribution in [-0.4, -0.2) is 50.8 Å². The first-order valence-corrected chi connectivity index (χ1v) is 8.03. The minimum atomic E-state index is -2.09. The largest absolute Gasteiger partial charge is 0.459 e. The third-order valence-electron chi connectivity index (χ3n) is 5.91. The van der Waals surface area contributed by atoms with Crippen LogP contribution in [0.5, 0.6) is 0 Å². The number of hydrogen-bond acceptors (Lipinski definition) is 7. The van der Waals surface area contributed by atoms with Crippen LogP contribution < -0.4 is 0 Å². The molecule has 0 spiro atoms. The molecule has 0 aromatic carbocycles. The number of esters is 2. The number of ketones is 1. The third-order valence-corrected chi connectivity index (χ3v) is 5.91. The zero-order chi connectivity index (χ0) is 18.1. The summed E-state index contributed by atoms with van der Waals surface area (Å²) in [5.74, 6) is -2.03. The first-order valence-electron chi connectivity index (χ1n) is 8.03. The first kappa shape index (κ1) is 17.1. The van der Waals surface area contributed by atoms with Crippen molar-refractivity contribution in [3.63, 3.8) is 0 Å². The highest BCUT2D eigenvalue weighted by atomic mass is 16.6. The molecule has 0 aromatic rings. The van der Waals surface area contributed by atoms with Gasteiger partial charge in [-0.15, -0.1) is 0 Å². The van der Waals surface area contributed by atoms with E-state index in [1.54, 1.807) is 13.8 Å². The molecule has 1 aliphatic heterocycles. The van der Waals surface area contributed by atoms with E-state index in [2.05, 4.69) is 0 Å². The van der Waals surface area contributed by atoms with Gasteiger partial charge in [-0.25, -0.2) is 4.79 Å². The van der Waals surface area contributed by atoms with E-state index in [-0.39, 0.29) is 25.0 Å². The molecule has 1 saturated heterocycles. The number of ether oxygens (including phenoxy) is 2. The van der Waals surface area contributed by atoms with Gasteiger partial charge < -0.3 is 19.7 Å². The molecule has 7 heteroatoms. The molecule has 0 amide bonds. The van der Waals surface area contributed by atoms with Gasteiger partial charge in [0.25, 0.3) is 0 Å². The highest BCUT2D eigenvalue weighted by Crippen LogP contribution is 2.54. The maximum atomic E-state index is 12.3. The summed E-state index contributed by atoms with van der Waals surface area (Å²) in [6, 6.07) is 0. The van der Waals surface area contributed by atoms with Crippen LogP contribution in [0.15, 0.2) is 11.1 Å². The van der Waals surface area contributed by atoms with Crippen molar-refractivity contribution >= 4 is 17.7 Å². The summed E-state index contributed by atoms with van der Waals surface area (Å²) in [6.07, 6.45) is -0.797. The van der Waals surface area contributed by atoms with Crippen LogP contribution in [0, 0.1) is 5.92 Å². The fourth-order valence-electron chi connectivity index (χ4n) is 4.30. The molecule has 7 nitrogen and oxygen atoms in total. The molecule has 132 valence electrons. The van der Waals surface area contributed by atoms with Crippen LogP contribution in [0.3, 0.4) is 0 Å². The smallest absolute Gasteiger partial charge is 0.341 e. The van der Waals surface area contributed by atoms with Crippen LogP contribution in [0.4, 0.5) is 0 Å². The highest BCUT2D eigenvalue weighted by Gasteiger charge is 2.69. The van der Waals surface area contributed by atoms with Crippen molar-refractivity contribution in [2.75, 3.05) is 0 Å². The Morgan fingerprint density at radius 3 is 2.46 bits per heavy atom. The summed E-state index contributed by atoms with van der Waals surface area (Å²) >= 11 is 0. The Bertz CT molecular complexity index is 676. The third kappa shape index (κ3) is 2.01. The number of Topliss-reactive ketones (excluding diaryl/α,β-unsaturated/α-hetero) is 1. The first-order chi connectivity index (χ1) is 10.9. The van der Waals surface area contributed by atoms with Gasteiger partial charge in [0.05, 0.1) is 0 Å². The molecule has 0 aromatic heterocycles. The summed E-state index contributed by atoms with van der Waals surface area (Å²) < 4.78 is 10.8. The van der Waals surface area contributed by atoms with E-state index in [1.807, 2.05) is 0 Å². The van der Waals surface area contributed by atoms with Gasteiger partial charge >= 0.3 is 11.9 Å². The number of carbonyl (C=O) groups is 3. The van der Waals surface area contributed by atoms with Gasteiger partial charge in [-0.1, -0.05) is 0 Å². The lowest BCUT2D eigenvalue weighted by molar-refractivity contribution is -0.168. The van der Waals surface area contributed by atoms with Crippen LogP contribution >= 0.6 is 0 Å². The monoisotopic (exact) mass is 338 g/mol. The second kappa shape index (κ2) is 4.89. The second-order valence-electron chi connectivity index (χ2n) is 7.45. The number of hydrogen-bond donors (Lipinski definition) is 2. The Morgan fingerprint density at radius 2 is 1.88 bits per heavy atom. The standard InChI is InChI=1S/C17H22O7/c1-8-11(19)7-10-12(8)13-17(22,16(4,21)14(20)23-13)6-5-15(10,3)24-9(2)18/h10,13,21-22H,5-7H2,1-4H3/t10-,13-,15-,16+,17+/m0/s1. The van der Waals surface area contributed by atoms with Crippen molar-refractivity contribution in [2.24, 2.45) is 5.92 Å². The lowest BCUT2D eigenvalue weighted by atomic mass is 9.77. The van der Waals surface area contributed by atoms with Gasteiger partial charge in [-0.05, 0) is 44.8 Å². The van der Waals surface area contributed by atoms with Crippen molar-refractivity contribution in [2.45, 2.75) is 69.9 Å². The van der Waals surface area contributed by atoms with Crippen LogP contribution in [-0.2, 0) is 23.9 Å². The predicted molar refractivity (Wildman–Crippen MR) is 80.7 cm³/mol. The van der Waals surface area contributed by atoms with Gasteiger partial charge in [-0.2, -0.15) is 0 Å². The van der Waals surface area contributed by atoms with E-state index in [0.717, 1.165) is 0 Å². The summed E-state index contributed by atoms with van der Waals surface area (Å²) in [5.41, 5.74) is -4.13. The highest BCUT2D eigenvalue weighted by molar-refractivity contribution is 5.99. The second-order valence-corrected chi connectivity index (χ2v) is 7.45. The molecule has 24 heavy (non-hydrogen) atoms. The average Bonchev–Trinajstić information content (AvgIpc) is 2.81. The Morgan fingerprint density at radius 1 is 1.25 bits per heavy atom. The summed E-state index contributed by atoms with van der Waals surface area (Å²) in [4.78, 5) is 35.9. The van der Waals surface area contributed by atoms with E-state index in [9.17, 15) is 24.6 Å². The Balaban J connectivity index is 2.17. The molecule has 2 fully saturated rings. The van der Waals surface area contributed by atoms with Crippen molar-refractivity contribution in [1.29, 1.82) is 0 Å². The quantitative estimate of drug-likeness (QED) is 0.667. The topological polar surface area (TPSA) is 110 Å². The van der Waals surface area contributed by atoms with Gasteiger partial charge in [0.15, 0.2) is 17.5 Å². The summed E-state index contributed by atoms with van der Waals surface area (Å²) in [7, 11) is 0. The maximum absolute atomic E-state index is 12.3. The Kier molecular flexibility index (Phi) is 3.49. The fraction of sp³-hybridized carbons (Fsp3) is 0.706. The van der Waals surface area contributed by atoms with E-state index in [4.69, 9.17) is 9.47 Å². The van der Waals surface area contributed by atoms with Crippen LogP contribution in [0.1, 0.15) is 47.0 Å². The van der Waals surface area contributed by atoms with Gasteiger partial charge in [0.1, 0.15) is 11.2 Å². The number of allylic oxidation sites excluding steroid dienone is 1. The summed E-state index contributed by atoms with van der Waals surface area (Å²) in [5, 5.41) is 21.7. The molecular formula is C17H22O7. The van der Waals surface area contributed by atoms with Gasteiger partial charge in [0.2, 0.25) is 0 Å². The predicted octanol–water partition coefficient (Wildman–Crippen LogP) is 0.415. The average molecular weight is 338 g/mol. The SMILES string of the molecule is CC(=O)O[C@@]1(C)CC[C@@]2(O)[C@@H](OC(=O)[C@@]2(C)O)C2=C(C)C(=O)C[C@@H]21. The maximum Gasteiger partial charge on any atom is 0.341 e. The van der Waals surface area contributed by atoms with E-state index in [0.29, 0.717) is 11.1 Å². The van der Waals surface area contributed by atoms with Gasteiger partial charge in [0, 0.05) is 19.3 Å². The lowest BCUT2D eigenvalue weighted by Crippen LogP contribution is -2.56. The number of aliphatic hydroxyl groups is 2.